The van der Waals surface area contributed by atoms with Gasteiger partial charge in [-0.05, 0) is 36.8 Å². The summed E-state index contributed by atoms with van der Waals surface area (Å²) in [5, 5.41) is 3.16. The minimum atomic E-state index is 0.263. The number of nitrogens with zero attached hydrogens (tertiary/aromatic N) is 2. The molecule has 0 aliphatic heterocycles. The van der Waals surface area contributed by atoms with E-state index in [4.69, 9.17) is 5.73 Å². The van der Waals surface area contributed by atoms with Gasteiger partial charge in [0, 0.05) is 16.4 Å². The zero-order valence-corrected chi connectivity index (χ0v) is 10.3. The molecule has 0 saturated carbocycles. The number of halogens is 1. The molecule has 1 heterocycles. The van der Waals surface area contributed by atoms with Crippen LogP contribution in [0.2, 0.25) is 0 Å². The molecule has 0 aliphatic rings. The largest absolute Gasteiger partial charge is 0.368 e. The van der Waals surface area contributed by atoms with Crippen molar-refractivity contribution in [2.24, 2.45) is 0 Å². The molecule has 0 spiro atoms. The van der Waals surface area contributed by atoms with Gasteiger partial charge in [0.1, 0.15) is 5.82 Å². The summed E-state index contributed by atoms with van der Waals surface area (Å²) in [7, 11) is 0. The molecule has 0 unspecified atom stereocenters. The minimum Gasteiger partial charge on any atom is -0.368 e. The predicted octanol–water partition coefficient (Wildman–Crippen LogP) is 2.87. The quantitative estimate of drug-likeness (QED) is 0.887. The Morgan fingerprint density at radius 3 is 2.81 bits per heavy atom. The third-order valence-electron chi connectivity index (χ3n) is 2.10. The average molecular weight is 279 g/mol. The average Bonchev–Trinajstić information content (AvgIpc) is 2.24. The first-order valence-corrected chi connectivity index (χ1v) is 5.56. The molecule has 4 nitrogen and oxygen atoms in total. The molecule has 1 aromatic carbocycles. The summed E-state index contributed by atoms with van der Waals surface area (Å²) in [6, 6.07) is 7.76. The molecule has 0 amide bonds. The van der Waals surface area contributed by atoms with Gasteiger partial charge in [-0.1, -0.05) is 15.9 Å². The maximum atomic E-state index is 5.50. The van der Waals surface area contributed by atoms with Crippen molar-refractivity contribution in [3.63, 3.8) is 0 Å². The zero-order valence-electron chi connectivity index (χ0n) is 8.74. The van der Waals surface area contributed by atoms with Crippen molar-refractivity contribution >= 4 is 33.4 Å². The van der Waals surface area contributed by atoms with Gasteiger partial charge >= 0.3 is 0 Å². The molecule has 0 atom stereocenters. The maximum absolute atomic E-state index is 5.50. The molecule has 1 aromatic heterocycles. The van der Waals surface area contributed by atoms with E-state index >= 15 is 0 Å². The molecule has 16 heavy (non-hydrogen) atoms. The number of rotatable bonds is 2. The molecule has 2 aromatic rings. The number of aromatic nitrogens is 2. The van der Waals surface area contributed by atoms with E-state index in [1.807, 2.05) is 25.1 Å². The van der Waals surface area contributed by atoms with Gasteiger partial charge in [0.25, 0.3) is 0 Å². The van der Waals surface area contributed by atoms with E-state index in [0.29, 0.717) is 5.82 Å². The molecule has 5 heteroatoms. The zero-order chi connectivity index (χ0) is 11.5. The number of anilines is 3. The fourth-order valence-electron chi connectivity index (χ4n) is 1.31. The molecule has 2 rings (SSSR count). The summed E-state index contributed by atoms with van der Waals surface area (Å²) in [4.78, 5) is 7.90. The fourth-order valence-corrected chi connectivity index (χ4v) is 1.56. The lowest BCUT2D eigenvalue weighted by Crippen LogP contribution is -1.99. The Bertz CT molecular complexity index is 513. The number of nitrogens with one attached hydrogen (secondary N) is 1. The Morgan fingerprint density at radius 1 is 1.31 bits per heavy atom. The molecular formula is C11H11BrN4. The second kappa shape index (κ2) is 4.49. The molecule has 0 aliphatic carbocycles. The summed E-state index contributed by atoms with van der Waals surface area (Å²) in [6.07, 6.45) is 1.62. The van der Waals surface area contributed by atoms with Crippen LogP contribution in [0.3, 0.4) is 0 Å². The fraction of sp³-hybridized carbons (Fsp3) is 0.0909. The Balaban J connectivity index is 2.24. The van der Waals surface area contributed by atoms with Crippen LogP contribution < -0.4 is 11.1 Å². The van der Waals surface area contributed by atoms with Gasteiger partial charge in [-0.25, -0.2) is 4.98 Å². The molecule has 0 fully saturated rings. The van der Waals surface area contributed by atoms with Crippen LogP contribution in [-0.2, 0) is 0 Å². The van der Waals surface area contributed by atoms with Crippen LogP contribution >= 0.6 is 15.9 Å². The summed E-state index contributed by atoms with van der Waals surface area (Å²) in [5.41, 5.74) is 7.63. The number of nitrogens with two attached hydrogens (primary N) is 1. The van der Waals surface area contributed by atoms with E-state index in [1.54, 1.807) is 12.3 Å². The third-order valence-corrected chi connectivity index (χ3v) is 2.99. The minimum absolute atomic E-state index is 0.263. The lowest BCUT2D eigenvalue weighted by Gasteiger charge is -2.07. The van der Waals surface area contributed by atoms with Crippen molar-refractivity contribution in [3.8, 4) is 0 Å². The third kappa shape index (κ3) is 2.49. The summed E-state index contributed by atoms with van der Waals surface area (Å²) >= 11 is 3.45. The molecule has 82 valence electrons. The van der Waals surface area contributed by atoms with Crippen LogP contribution in [0.1, 0.15) is 5.56 Å². The smallest absolute Gasteiger partial charge is 0.221 e. The summed E-state index contributed by atoms with van der Waals surface area (Å²) in [6.45, 7) is 2.03. The Hall–Kier alpha value is -1.62. The van der Waals surface area contributed by atoms with Crippen molar-refractivity contribution in [1.29, 1.82) is 0 Å². The van der Waals surface area contributed by atoms with Crippen molar-refractivity contribution in [2.75, 3.05) is 11.1 Å². The highest BCUT2D eigenvalue weighted by atomic mass is 79.9. The number of hydrogen-bond acceptors (Lipinski definition) is 4. The standard InChI is InChI=1S/C11H11BrN4/c1-7-6-8(2-3-9(7)12)15-10-4-5-14-11(13)16-10/h2-6H,1H3,(H3,13,14,15,16). The van der Waals surface area contributed by atoms with Gasteiger partial charge in [-0.3, -0.25) is 0 Å². The first kappa shape index (κ1) is 10.9. The van der Waals surface area contributed by atoms with Gasteiger partial charge in [0.2, 0.25) is 5.95 Å². The molecule has 0 bridgehead atoms. The van der Waals surface area contributed by atoms with Crippen LogP contribution in [0.4, 0.5) is 17.5 Å². The molecular weight excluding hydrogens is 268 g/mol. The topological polar surface area (TPSA) is 63.8 Å². The molecule has 0 radical (unpaired) electrons. The van der Waals surface area contributed by atoms with E-state index in [1.165, 1.54) is 0 Å². The highest BCUT2D eigenvalue weighted by molar-refractivity contribution is 9.10. The molecule has 0 saturated heterocycles. The van der Waals surface area contributed by atoms with Gasteiger partial charge in [0.05, 0.1) is 0 Å². The highest BCUT2D eigenvalue weighted by Gasteiger charge is 1.99. The Labute approximate surface area is 102 Å². The highest BCUT2D eigenvalue weighted by Crippen LogP contribution is 2.22. The monoisotopic (exact) mass is 278 g/mol. The van der Waals surface area contributed by atoms with Gasteiger partial charge in [-0.2, -0.15) is 4.98 Å². The lowest BCUT2D eigenvalue weighted by molar-refractivity contribution is 1.18. The van der Waals surface area contributed by atoms with Crippen molar-refractivity contribution in [2.45, 2.75) is 6.92 Å². The van der Waals surface area contributed by atoms with E-state index in [2.05, 4.69) is 31.2 Å². The van der Waals surface area contributed by atoms with E-state index in [-0.39, 0.29) is 5.95 Å². The lowest BCUT2D eigenvalue weighted by atomic mass is 10.2. The van der Waals surface area contributed by atoms with Crippen molar-refractivity contribution in [1.82, 2.24) is 9.97 Å². The van der Waals surface area contributed by atoms with Crippen LogP contribution in [0.15, 0.2) is 34.9 Å². The van der Waals surface area contributed by atoms with Gasteiger partial charge in [0.15, 0.2) is 0 Å². The first-order chi connectivity index (χ1) is 7.65. The second-order valence-corrected chi connectivity index (χ2v) is 4.24. The number of hydrogen-bond donors (Lipinski definition) is 2. The van der Waals surface area contributed by atoms with Gasteiger partial charge in [-0.15, -0.1) is 0 Å². The Morgan fingerprint density at radius 2 is 2.12 bits per heavy atom. The maximum Gasteiger partial charge on any atom is 0.221 e. The molecule has 3 N–H and O–H groups in total. The van der Waals surface area contributed by atoms with Crippen LogP contribution in [0.25, 0.3) is 0 Å². The summed E-state index contributed by atoms with van der Waals surface area (Å²) in [5.74, 6) is 0.952. The Kier molecular flexibility index (Phi) is 3.05. The number of aryl methyl sites for hydroxylation is 1. The van der Waals surface area contributed by atoms with Gasteiger partial charge < -0.3 is 11.1 Å². The van der Waals surface area contributed by atoms with Crippen LogP contribution in [0, 0.1) is 6.92 Å². The normalized spacial score (nSPS) is 10.1. The second-order valence-electron chi connectivity index (χ2n) is 3.39. The van der Waals surface area contributed by atoms with Crippen molar-refractivity contribution in [3.05, 3.63) is 40.5 Å². The predicted molar refractivity (Wildman–Crippen MR) is 68.6 cm³/mol. The van der Waals surface area contributed by atoms with Crippen LogP contribution in [0.5, 0.6) is 0 Å². The SMILES string of the molecule is Cc1cc(Nc2ccnc(N)n2)ccc1Br. The number of benzene rings is 1. The first-order valence-electron chi connectivity index (χ1n) is 4.77. The van der Waals surface area contributed by atoms with Crippen molar-refractivity contribution < 1.29 is 0 Å². The summed E-state index contributed by atoms with van der Waals surface area (Å²) < 4.78 is 1.08. The van der Waals surface area contributed by atoms with E-state index in [0.717, 1.165) is 15.7 Å². The van der Waals surface area contributed by atoms with Crippen LogP contribution in [-0.4, -0.2) is 9.97 Å². The van der Waals surface area contributed by atoms with E-state index in [9.17, 15) is 0 Å². The van der Waals surface area contributed by atoms with E-state index < -0.39 is 0 Å². The number of nitrogen functional groups attached to an aromatic ring is 1.